The molecule has 2 aromatic carbocycles. The Morgan fingerprint density at radius 2 is 1.68 bits per heavy atom. The number of likely N-dealkylation sites (N-methyl/N-ethyl adjacent to an activating group) is 1. The highest BCUT2D eigenvalue weighted by atomic mass is 32.2. The molecule has 0 aliphatic carbocycles. The second-order valence-corrected chi connectivity index (χ2v) is 8.64. The number of hydrogen-bond donors (Lipinski definition) is 0. The van der Waals surface area contributed by atoms with Crippen LogP contribution in [0.3, 0.4) is 0 Å². The number of carbonyl (C=O) groups is 1. The fourth-order valence-corrected chi connectivity index (χ4v) is 5.20. The molecule has 1 atom stereocenters. The molecule has 28 heavy (non-hydrogen) atoms. The molecule has 4 aromatic rings. The molecule has 0 fully saturated rings. The van der Waals surface area contributed by atoms with E-state index in [1.165, 1.54) is 11.8 Å². The van der Waals surface area contributed by atoms with Crippen LogP contribution < -0.4 is 0 Å². The van der Waals surface area contributed by atoms with Gasteiger partial charge in [0.15, 0.2) is 0 Å². The number of thioether (sulfide) groups is 1. The van der Waals surface area contributed by atoms with Crippen molar-refractivity contribution in [1.29, 1.82) is 0 Å². The summed E-state index contributed by atoms with van der Waals surface area (Å²) in [6, 6.07) is 22.2. The maximum absolute atomic E-state index is 12.9. The summed E-state index contributed by atoms with van der Waals surface area (Å²) in [5, 5.41) is 1.46. The Bertz CT molecular complexity index is 1090. The predicted octanol–water partition coefficient (Wildman–Crippen LogP) is 5.28. The molecule has 2 aromatic heterocycles. The van der Waals surface area contributed by atoms with Gasteiger partial charge in [-0.25, -0.2) is 9.97 Å². The lowest BCUT2D eigenvalue weighted by Gasteiger charge is -2.20. The van der Waals surface area contributed by atoms with Crippen LogP contribution in [0, 0.1) is 0 Å². The average molecular weight is 406 g/mol. The van der Waals surface area contributed by atoms with E-state index in [4.69, 9.17) is 0 Å². The first-order chi connectivity index (χ1) is 13.6. The Balaban J connectivity index is 1.75. The summed E-state index contributed by atoms with van der Waals surface area (Å²) in [4.78, 5) is 25.5. The van der Waals surface area contributed by atoms with Gasteiger partial charge in [0.25, 0.3) is 0 Å². The Labute approximate surface area is 172 Å². The molecule has 1 amide bonds. The summed E-state index contributed by atoms with van der Waals surface area (Å²) >= 11 is 3.12. The van der Waals surface area contributed by atoms with Crippen molar-refractivity contribution < 1.29 is 4.79 Å². The third kappa shape index (κ3) is 3.79. The monoisotopic (exact) mass is 405 g/mol. The zero-order valence-electron chi connectivity index (χ0n) is 15.6. The van der Waals surface area contributed by atoms with Crippen LogP contribution in [0.2, 0.25) is 0 Å². The van der Waals surface area contributed by atoms with Gasteiger partial charge >= 0.3 is 0 Å². The van der Waals surface area contributed by atoms with E-state index < -0.39 is 0 Å². The number of nitrogens with zero attached hydrogens (tertiary/aromatic N) is 3. The van der Waals surface area contributed by atoms with Crippen LogP contribution in [0.5, 0.6) is 0 Å². The third-order valence-corrected chi connectivity index (χ3v) is 6.70. The van der Waals surface area contributed by atoms with Gasteiger partial charge in [-0.15, -0.1) is 11.3 Å². The summed E-state index contributed by atoms with van der Waals surface area (Å²) in [6.07, 6.45) is 1.58. The fourth-order valence-electron chi connectivity index (χ4n) is 2.91. The van der Waals surface area contributed by atoms with Crippen molar-refractivity contribution in [3.63, 3.8) is 0 Å². The summed E-state index contributed by atoms with van der Waals surface area (Å²) < 4.78 is 0. The predicted molar refractivity (Wildman–Crippen MR) is 117 cm³/mol. The van der Waals surface area contributed by atoms with Gasteiger partial charge in [-0.3, -0.25) is 4.79 Å². The van der Waals surface area contributed by atoms with Crippen LogP contribution in [-0.2, 0) is 4.79 Å². The summed E-state index contributed by atoms with van der Waals surface area (Å²) in [6.45, 7) is 0. The number of carbonyl (C=O) groups excluding carboxylic acids is 1. The number of amides is 1. The minimum atomic E-state index is -0.352. The van der Waals surface area contributed by atoms with Gasteiger partial charge in [0, 0.05) is 24.4 Å². The van der Waals surface area contributed by atoms with Gasteiger partial charge in [-0.2, -0.15) is 0 Å². The fraction of sp³-hybridized carbons (Fsp3) is 0.136. The zero-order valence-corrected chi connectivity index (χ0v) is 17.2. The van der Waals surface area contributed by atoms with Gasteiger partial charge in [0.05, 0.1) is 0 Å². The lowest BCUT2D eigenvalue weighted by Crippen LogP contribution is -2.26. The molecule has 6 heteroatoms. The molecule has 0 spiro atoms. The number of aromatic nitrogens is 2. The number of thiophene rings is 1. The molecule has 140 valence electrons. The van der Waals surface area contributed by atoms with Crippen molar-refractivity contribution >= 4 is 39.2 Å². The van der Waals surface area contributed by atoms with Crippen LogP contribution in [0.4, 0.5) is 0 Å². The highest BCUT2D eigenvalue weighted by molar-refractivity contribution is 8.00. The van der Waals surface area contributed by atoms with E-state index in [-0.39, 0.29) is 11.2 Å². The first-order valence-electron chi connectivity index (χ1n) is 8.86. The van der Waals surface area contributed by atoms with E-state index in [1.54, 1.807) is 36.7 Å². The van der Waals surface area contributed by atoms with E-state index >= 15 is 0 Å². The summed E-state index contributed by atoms with van der Waals surface area (Å²) in [5.74, 6) is 0.0430. The number of fused-ring (bicyclic) bond motifs is 1. The Morgan fingerprint density at radius 1 is 1.00 bits per heavy atom. The quantitative estimate of drug-likeness (QED) is 0.335. The van der Waals surface area contributed by atoms with Gasteiger partial charge in [-0.1, -0.05) is 72.4 Å². The first-order valence-corrected chi connectivity index (χ1v) is 10.6. The molecule has 0 saturated carbocycles. The van der Waals surface area contributed by atoms with Gasteiger partial charge in [-0.05, 0) is 17.2 Å². The number of benzene rings is 2. The van der Waals surface area contributed by atoms with Gasteiger partial charge in [0.1, 0.15) is 21.4 Å². The lowest BCUT2D eigenvalue weighted by molar-refractivity contribution is -0.128. The number of hydrogen-bond acceptors (Lipinski definition) is 5. The van der Waals surface area contributed by atoms with Crippen molar-refractivity contribution in [2.45, 2.75) is 10.3 Å². The van der Waals surface area contributed by atoms with Crippen molar-refractivity contribution in [1.82, 2.24) is 14.9 Å². The summed E-state index contributed by atoms with van der Waals surface area (Å²) in [5.41, 5.74) is 2.13. The molecule has 0 N–H and O–H groups in total. The Kier molecular flexibility index (Phi) is 5.41. The highest BCUT2D eigenvalue weighted by Crippen LogP contribution is 2.41. The summed E-state index contributed by atoms with van der Waals surface area (Å²) in [7, 11) is 3.57. The molecule has 4 rings (SSSR count). The van der Waals surface area contributed by atoms with E-state index in [9.17, 15) is 4.79 Å². The van der Waals surface area contributed by atoms with Gasteiger partial charge < -0.3 is 4.90 Å². The zero-order chi connectivity index (χ0) is 19.5. The molecule has 0 aliphatic rings. The maximum Gasteiger partial charge on any atom is 0.240 e. The van der Waals surface area contributed by atoms with E-state index in [0.29, 0.717) is 0 Å². The second-order valence-electron chi connectivity index (χ2n) is 6.52. The Morgan fingerprint density at radius 3 is 2.36 bits per heavy atom. The molecule has 2 heterocycles. The van der Waals surface area contributed by atoms with Gasteiger partial charge in [0.2, 0.25) is 5.91 Å². The molecular formula is C22H19N3OS2. The molecule has 4 nitrogen and oxygen atoms in total. The topological polar surface area (TPSA) is 46.1 Å². The van der Waals surface area contributed by atoms with E-state index in [1.807, 2.05) is 48.5 Å². The average Bonchev–Trinajstić information content (AvgIpc) is 3.18. The van der Waals surface area contributed by atoms with Crippen LogP contribution in [0.15, 0.2) is 78.1 Å². The highest BCUT2D eigenvalue weighted by Gasteiger charge is 2.25. The molecule has 0 saturated heterocycles. The van der Waals surface area contributed by atoms with Crippen molar-refractivity contribution in [3.05, 3.63) is 78.6 Å². The largest absolute Gasteiger partial charge is 0.348 e. The second kappa shape index (κ2) is 8.12. The third-order valence-electron chi connectivity index (χ3n) is 4.35. The first kappa shape index (κ1) is 18.7. The lowest BCUT2D eigenvalue weighted by atomic mass is 10.1. The Hall–Kier alpha value is -2.70. The molecule has 0 unspecified atom stereocenters. The van der Waals surface area contributed by atoms with Crippen molar-refractivity contribution in [2.75, 3.05) is 14.1 Å². The molecule has 0 aliphatic heterocycles. The minimum Gasteiger partial charge on any atom is -0.348 e. The minimum absolute atomic E-state index is 0.0430. The van der Waals surface area contributed by atoms with Crippen LogP contribution in [0.1, 0.15) is 10.8 Å². The number of rotatable bonds is 5. The van der Waals surface area contributed by atoms with E-state index in [2.05, 4.69) is 28.2 Å². The van der Waals surface area contributed by atoms with Crippen molar-refractivity contribution in [3.8, 4) is 10.4 Å². The SMILES string of the molecule is CN(C)C(=O)[C@@H](Sc1ncnc2sc(-c3ccccc3)cc12)c1ccccc1. The van der Waals surface area contributed by atoms with Crippen LogP contribution in [0.25, 0.3) is 20.7 Å². The van der Waals surface area contributed by atoms with Crippen molar-refractivity contribution in [2.24, 2.45) is 0 Å². The maximum atomic E-state index is 12.9. The molecule has 0 radical (unpaired) electrons. The molecule has 0 bridgehead atoms. The normalized spacial score (nSPS) is 12.1. The van der Waals surface area contributed by atoms with Crippen LogP contribution >= 0.6 is 23.1 Å². The standard InChI is InChI=1S/C22H19N3OS2/c1-25(2)22(26)19(16-11-7-4-8-12-16)28-21-17-13-18(15-9-5-3-6-10-15)27-20(17)23-14-24-21/h3-14,19H,1-2H3/t19-/m0/s1. The van der Waals surface area contributed by atoms with Crippen LogP contribution in [-0.4, -0.2) is 34.9 Å². The smallest absolute Gasteiger partial charge is 0.240 e. The molecular weight excluding hydrogens is 386 g/mol. The van der Waals surface area contributed by atoms with E-state index in [0.717, 1.165) is 31.2 Å².